The Hall–Kier alpha value is -0.130. The molecule has 0 aromatic carbocycles. The Kier molecular flexibility index (Phi) is 5.21. The maximum absolute atomic E-state index is 11.4. The molecule has 1 heterocycles. The highest BCUT2D eigenvalue weighted by Crippen LogP contribution is 2.23. The number of piperidine rings is 1. The molecule has 0 aliphatic carbocycles. The van der Waals surface area contributed by atoms with Crippen LogP contribution in [0.4, 0.5) is 0 Å². The fourth-order valence-corrected chi connectivity index (χ4v) is 3.14. The summed E-state index contributed by atoms with van der Waals surface area (Å²) >= 11 is 0. The minimum atomic E-state index is -3.03. The van der Waals surface area contributed by atoms with Gasteiger partial charge in [0.25, 0.3) is 0 Å². The number of hydrogen-bond acceptors (Lipinski definition) is 3. The average molecular weight is 249 g/mol. The normalized spacial score (nSPS) is 25.6. The minimum Gasteiger partial charge on any atom is -0.393 e. The van der Waals surface area contributed by atoms with Gasteiger partial charge in [0.2, 0.25) is 10.0 Å². The number of rotatable bonds is 5. The van der Waals surface area contributed by atoms with Crippen LogP contribution in [-0.2, 0) is 10.0 Å². The van der Waals surface area contributed by atoms with E-state index in [1.807, 2.05) is 6.92 Å². The van der Waals surface area contributed by atoms with Gasteiger partial charge in [0, 0.05) is 13.1 Å². The van der Waals surface area contributed by atoms with E-state index < -0.39 is 10.0 Å². The zero-order valence-electron chi connectivity index (χ0n) is 10.2. The molecule has 0 saturated carbocycles. The van der Waals surface area contributed by atoms with Crippen LogP contribution in [0.1, 0.15) is 39.0 Å². The maximum Gasteiger partial charge on any atom is 0.211 e. The van der Waals surface area contributed by atoms with E-state index in [-0.39, 0.29) is 6.10 Å². The second-order valence-electron chi connectivity index (χ2n) is 4.77. The highest BCUT2D eigenvalue weighted by Gasteiger charge is 2.25. The van der Waals surface area contributed by atoms with Gasteiger partial charge in [0.05, 0.1) is 12.4 Å². The molecule has 1 N–H and O–H groups in total. The van der Waals surface area contributed by atoms with Crippen LogP contribution in [0.15, 0.2) is 0 Å². The monoisotopic (exact) mass is 249 g/mol. The molecule has 1 aliphatic rings. The molecule has 0 spiro atoms. The molecule has 16 heavy (non-hydrogen) atoms. The zero-order valence-corrected chi connectivity index (χ0v) is 11.0. The van der Waals surface area contributed by atoms with E-state index in [4.69, 9.17) is 0 Å². The molecule has 1 saturated heterocycles. The first-order valence-corrected chi connectivity index (χ1v) is 7.91. The van der Waals surface area contributed by atoms with E-state index in [1.165, 1.54) is 6.26 Å². The first-order chi connectivity index (χ1) is 7.43. The summed E-state index contributed by atoms with van der Waals surface area (Å²) in [5.74, 6) is 0.421. The summed E-state index contributed by atoms with van der Waals surface area (Å²) in [6.07, 6.45) is 5.58. The number of nitrogens with zero attached hydrogens (tertiary/aromatic N) is 1. The average Bonchev–Trinajstić information content (AvgIpc) is 2.25. The molecule has 4 nitrogen and oxygen atoms in total. The second kappa shape index (κ2) is 5.98. The van der Waals surface area contributed by atoms with Crippen molar-refractivity contribution in [3.8, 4) is 0 Å². The van der Waals surface area contributed by atoms with Gasteiger partial charge in [-0.2, -0.15) is 0 Å². The third-order valence-corrected chi connectivity index (χ3v) is 4.60. The van der Waals surface area contributed by atoms with E-state index in [9.17, 15) is 13.5 Å². The molecular formula is C11H23NO3S. The number of sulfonamides is 1. The smallest absolute Gasteiger partial charge is 0.211 e. The lowest BCUT2D eigenvalue weighted by Gasteiger charge is -2.31. The molecular weight excluding hydrogens is 226 g/mol. The quantitative estimate of drug-likeness (QED) is 0.796. The summed E-state index contributed by atoms with van der Waals surface area (Å²) in [4.78, 5) is 0. The van der Waals surface area contributed by atoms with Crippen LogP contribution in [0.2, 0.25) is 0 Å². The van der Waals surface area contributed by atoms with Crippen LogP contribution in [0.25, 0.3) is 0 Å². The van der Waals surface area contributed by atoms with Gasteiger partial charge in [-0.1, -0.05) is 6.92 Å². The first kappa shape index (κ1) is 13.9. The van der Waals surface area contributed by atoms with Crippen molar-refractivity contribution in [2.24, 2.45) is 5.92 Å². The van der Waals surface area contributed by atoms with E-state index in [2.05, 4.69) is 0 Å². The molecule has 0 aromatic heterocycles. The Morgan fingerprint density at radius 3 is 2.75 bits per heavy atom. The summed E-state index contributed by atoms with van der Waals surface area (Å²) < 4.78 is 24.4. The molecule has 1 fully saturated rings. The van der Waals surface area contributed by atoms with Crippen LogP contribution >= 0.6 is 0 Å². The molecule has 1 aliphatic heterocycles. The molecule has 2 atom stereocenters. The van der Waals surface area contributed by atoms with E-state index in [0.29, 0.717) is 19.0 Å². The summed E-state index contributed by atoms with van der Waals surface area (Å²) in [7, 11) is -3.03. The Morgan fingerprint density at radius 1 is 1.50 bits per heavy atom. The van der Waals surface area contributed by atoms with Crippen molar-refractivity contribution in [1.82, 2.24) is 4.31 Å². The summed E-state index contributed by atoms with van der Waals surface area (Å²) in [6.45, 7) is 3.26. The van der Waals surface area contributed by atoms with Crippen molar-refractivity contribution in [2.75, 3.05) is 19.3 Å². The maximum atomic E-state index is 11.4. The lowest BCUT2D eigenvalue weighted by Crippen LogP contribution is -2.39. The van der Waals surface area contributed by atoms with Gasteiger partial charge in [-0.15, -0.1) is 0 Å². The highest BCUT2D eigenvalue weighted by molar-refractivity contribution is 7.88. The number of aliphatic hydroxyl groups excluding tert-OH is 1. The molecule has 0 radical (unpaired) electrons. The largest absolute Gasteiger partial charge is 0.393 e. The Labute approximate surface area is 98.7 Å². The van der Waals surface area contributed by atoms with Gasteiger partial charge in [0.15, 0.2) is 0 Å². The Morgan fingerprint density at radius 2 is 2.19 bits per heavy atom. The Bertz CT molecular complexity index is 302. The van der Waals surface area contributed by atoms with Gasteiger partial charge in [-0.05, 0) is 38.0 Å². The zero-order chi connectivity index (χ0) is 12.2. The van der Waals surface area contributed by atoms with Crippen molar-refractivity contribution >= 4 is 10.0 Å². The van der Waals surface area contributed by atoms with Crippen molar-refractivity contribution < 1.29 is 13.5 Å². The fraction of sp³-hybridized carbons (Fsp3) is 1.00. The van der Waals surface area contributed by atoms with E-state index in [1.54, 1.807) is 4.31 Å². The van der Waals surface area contributed by atoms with Crippen molar-refractivity contribution in [3.05, 3.63) is 0 Å². The minimum absolute atomic E-state index is 0.228. The standard InChI is InChI=1S/C11H23NO3S/c1-3-11(13)7-6-10-5-4-8-12(9-10)16(2,14)15/h10-11,13H,3-9H2,1-2H3. The number of aliphatic hydroxyl groups is 1. The molecule has 0 amide bonds. The second-order valence-corrected chi connectivity index (χ2v) is 6.75. The van der Waals surface area contributed by atoms with E-state index >= 15 is 0 Å². The van der Waals surface area contributed by atoms with Gasteiger partial charge < -0.3 is 5.11 Å². The molecule has 96 valence electrons. The van der Waals surface area contributed by atoms with Crippen LogP contribution < -0.4 is 0 Å². The van der Waals surface area contributed by atoms with Gasteiger partial charge in [-0.25, -0.2) is 12.7 Å². The summed E-state index contributed by atoms with van der Waals surface area (Å²) in [5.41, 5.74) is 0. The summed E-state index contributed by atoms with van der Waals surface area (Å²) in [5, 5.41) is 9.48. The predicted octanol–water partition coefficient (Wildman–Crippen LogP) is 1.21. The van der Waals surface area contributed by atoms with Crippen LogP contribution in [0, 0.1) is 5.92 Å². The fourth-order valence-electron chi connectivity index (χ4n) is 2.20. The van der Waals surface area contributed by atoms with Gasteiger partial charge >= 0.3 is 0 Å². The topological polar surface area (TPSA) is 57.6 Å². The first-order valence-electron chi connectivity index (χ1n) is 6.06. The third kappa shape index (κ3) is 4.39. The highest BCUT2D eigenvalue weighted by atomic mass is 32.2. The van der Waals surface area contributed by atoms with Gasteiger partial charge in [0.1, 0.15) is 0 Å². The van der Waals surface area contributed by atoms with Crippen LogP contribution in [0.5, 0.6) is 0 Å². The van der Waals surface area contributed by atoms with Crippen molar-refractivity contribution in [3.63, 3.8) is 0 Å². The van der Waals surface area contributed by atoms with Crippen molar-refractivity contribution in [2.45, 2.75) is 45.1 Å². The molecule has 0 aromatic rings. The van der Waals surface area contributed by atoms with Crippen LogP contribution in [0.3, 0.4) is 0 Å². The van der Waals surface area contributed by atoms with E-state index in [0.717, 1.165) is 32.1 Å². The molecule has 1 rings (SSSR count). The van der Waals surface area contributed by atoms with Gasteiger partial charge in [-0.3, -0.25) is 0 Å². The van der Waals surface area contributed by atoms with Crippen LogP contribution in [-0.4, -0.2) is 43.3 Å². The molecule has 0 bridgehead atoms. The lowest BCUT2D eigenvalue weighted by molar-refractivity contribution is 0.141. The predicted molar refractivity (Wildman–Crippen MR) is 64.7 cm³/mol. The third-order valence-electron chi connectivity index (χ3n) is 3.33. The van der Waals surface area contributed by atoms with Crippen molar-refractivity contribution in [1.29, 1.82) is 0 Å². The lowest BCUT2D eigenvalue weighted by atomic mass is 9.93. The molecule has 2 unspecified atom stereocenters. The molecule has 5 heteroatoms. The summed E-state index contributed by atoms with van der Waals surface area (Å²) in [6, 6.07) is 0. The number of hydrogen-bond donors (Lipinski definition) is 1. The Balaban J connectivity index is 2.39. The SMILES string of the molecule is CCC(O)CCC1CCCN(S(C)(=O)=O)C1.